The fraction of sp³-hybridized carbons (Fsp3) is 0.417. The molecule has 0 aliphatic rings. The summed E-state index contributed by atoms with van der Waals surface area (Å²) >= 11 is 0. The third-order valence-corrected chi connectivity index (χ3v) is 3.57. The molecule has 1 rings (SSSR count). The van der Waals surface area contributed by atoms with E-state index >= 15 is 0 Å². The third-order valence-electron chi connectivity index (χ3n) is 2.21. The van der Waals surface area contributed by atoms with Gasteiger partial charge in [-0.15, -0.1) is 0 Å². The highest BCUT2D eigenvalue weighted by molar-refractivity contribution is 7.88. The van der Waals surface area contributed by atoms with Crippen molar-refractivity contribution in [1.82, 2.24) is 4.72 Å². The molecule has 0 bridgehead atoms. The van der Waals surface area contributed by atoms with Crippen molar-refractivity contribution in [3.63, 3.8) is 0 Å². The molecule has 0 saturated carbocycles. The highest BCUT2D eigenvalue weighted by Gasteiger charge is 2.10. The van der Waals surface area contributed by atoms with E-state index < -0.39 is 10.0 Å². The molecule has 0 aromatic heterocycles. The SMILES string of the molecule is CCOCCNS(=O)(=O)Cc1ccc(C#N)cc1. The molecule has 0 atom stereocenters. The zero-order chi connectivity index (χ0) is 13.4. The van der Waals surface area contributed by atoms with E-state index in [2.05, 4.69) is 4.72 Å². The fourth-order valence-corrected chi connectivity index (χ4v) is 2.49. The van der Waals surface area contributed by atoms with Gasteiger partial charge in [-0.1, -0.05) is 12.1 Å². The van der Waals surface area contributed by atoms with E-state index in [0.29, 0.717) is 24.3 Å². The van der Waals surface area contributed by atoms with Crippen LogP contribution in [0, 0.1) is 11.3 Å². The van der Waals surface area contributed by atoms with Crippen LogP contribution in [0.5, 0.6) is 0 Å². The number of nitrogens with zero attached hydrogens (tertiary/aromatic N) is 1. The van der Waals surface area contributed by atoms with Crippen LogP contribution in [0.25, 0.3) is 0 Å². The zero-order valence-electron chi connectivity index (χ0n) is 10.2. The van der Waals surface area contributed by atoms with Crippen molar-refractivity contribution in [3.05, 3.63) is 35.4 Å². The number of hydrogen-bond acceptors (Lipinski definition) is 4. The maximum atomic E-state index is 11.7. The van der Waals surface area contributed by atoms with Crippen LogP contribution >= 0.6 is 0 Å². The molecule has 0 amide bonds. The molecule has 18 heavy (non-hydrogen) atoms. The molecule has 1 N–H and O–H groups in total. The molecule has 0 aliphatic carbocycles. The Labute approximate surface area is 107 Å². The van der Waals surface area contributed by atoms with Gasteiger partial charge in [0.25, 0.3) is 0 Å². The predicted octanol–water partition coefficient (Wildman–Crippen LogP) is 1.01. The van der Waals surface area contributed by atoms with Crippen LogP contribution < -0.4 is 4.72 Å². The maximum Gasteiger partial charge on any atom is 0.215 e. The molecular formula is C12H16N2O3S. The summed E-state index contributed by atoms with van der Waals surface area (Å²) in [6.45, 7) is 3.05. The van der Waals surface area contributed by atoms with Gasteiger partial charge >= 0.3 is 0 Å². The zero-order valence-corrected chi connectivity index (χ0v) is 11.0. The predicted molar refractivity (Wildman–Crippen MR) is 68.3 cm³/mol. The first-order chi connectivity index (χ1) is 8.57. The summed E-state index contributed by atoms with van der Waals surface area (Å²) in [5.41, 5.74) is 1.17. The number of nitriles is 1. The summed E-state index contributed by atoms with van der Waals surface area (Å²) in [4.78, 5) is 0. The second-order valence-electron chi connectivity index (χ2n) is 3.66. The average Bonchev–Trinajstić information content (AvgIpc) is 2.35. The number of ether oxygens (including phenoxy) is 1. The highest BCUT2D eigenvalue weighted by Crippen LogP contribution is 2.06. The van der Waals surface area contributed by atoms with Crippen LogP contribution in [-0.4, -0.2) is 28.2 Å². The lowest BCUT2D eigenvalue weighted by Gasteiger charge is -2.06. The molecule has 98 valence electrons. The summed E-state index contributed by atoms with van der Waals surface area (Å²) in [5, 5.41) is 8.63. The lowest BCUT2D eigenvalue weighted by molar-refractivity contribution is 0.153. The van der Waals surface area contributed by atoms with Crippen molar-refractivity contribution in [2.45, 2.75) is 12.7 Å². The molecule has 0 aliphatic heterocycles. The summed E-state index contributed by atoms with van der Waals surface area (Å²) in [7, 11) is -3.35. The minimum atomic E-state index is -3.35. The monoisotopic (exact) mass is 268 g/mol. The average molecular weight is 268 g/mol. The van der Waals surface area contributed by atoms with E-state index in [1.165, 1.54) is 0 Å². The lowest BCUT2D eigenvalue weighted by Crippen LogP contribution is -2.28. The molecule has 0 fully saturated rings. The molecule has 1 aromatic rings. The smallest absolute Gasteiger partial charge is 0.215 e. The first-order valence-corrected chi connectivity index (χ1v) is 7.26. The van der Waals surface area contributed by atoms with Crippen LogP contribution in [0.1, 0.15) is 18.1 Å². The van der Waals surface area contributed by atoms with Gasteiger partial charge in [0, 0.05) is 13.2 Å². The topological polar surface area (TPSA) is 79.2 Å². The molecule has 0 spiro atoms. The molecule has 0 saturated heterocycles. The van der Waals surface area contributed by atoms with Gasteiger partial charge in [-0.05, 0) is 24.6 Å². The largest absolute Gasteiger partial charge is 0.380 e. The van der Waals surface area contributed by atoms with Crippen LogP contribution in [0.4, 0.5) is 0 Å². The van der Waals surface area contributed by atoms with E-state index in [-0.39, 0.29) is 12.3 Å². The van der Waals surface area contributed by atoms with Crippen LogP contribution in [0.3, 0.4) is 0 Å². The Morgan fingerprint density at radius 2 is 2.00 bits per heavy atom. The quantitative estimate of drug-likeness (QED) is 0.749. The number of nitrogens with one attached hydrogen (secondary N) is 1. The maximum absolute atomic E-state index is 11.7. The summed E-state index contributed by atoms with van der Waals surface area (Å²) in [6.07, 6.45) is 0. The summed E-state index contributed by atoms with van der Waals surface area (Å²) in [5.74, 6) is -0.0924. The molecule has 6 heteroatoms. The van der Waals surface area contributed by atoms with Crippen molar-refractivity contribution in [2.75, 3.05) is 19.8 Å². The number of rotatable bonds is 7. The van der Waals surface area contributed by atoms with E-state index in [1.54, 1.807) is 24.3 Å². The Kier molecular flexibility index (Phi) is 5.78. The van der Waals surface area contributed by atoms with Gasteiger partial charge in [0.1, 0.15) is 0 Å². The highest BCUT2D eigenvalue weighted by atomic mass is 32.2. The van der Waals surface area contributed by atoms with E-state index in [0.717, 1.165) is 0 Å². The van der Waals surface area contributed by atoms with Gasteiger partial charge in [0.05, 0.1) is 24.0 Å². The van der Waals surface area contributed by atoms with Gasteiger partial charge in [-0.3, -0.25) is 0 Å². The van der Waals surface area contributed by atoms with Gasteiger partial charge in [-0.2, -0.15) is 5.26 Å². The van der Waals surface area contributed by atoms with Crippen LogP contribution in [0.2, 0.25) is 0 Å². The van der Waals surface area contributed by atoms with Crippen molar-refractivity contribution in [2.24, 2.45) is 0 Å². The Balaban J connectivity index is 2.51. The Morgan fingerprint density at radius 3 is 2.56 bits per heavy atom. The number of hydrogen-bond donors (Lipinski definition) is 1. The van der Waals surface area contributed by atoms with Crippen molar-refractivity contribution in [1.29, 1.82) is 5.26 Å². The molecule has 5 nitrogen and oxygen atoms in total. The van der Waals surface area contributed by atoms with Gasteiger partial charge in [0.15, 0.2) is 0 Å². The fourth-order valence-electron chi connectivity index (χ4n) is 1.36. The standard InChI is InChI=1S/C12H16N2O3S/c1-2-17-8-7-14-18(15,16)10-12-5-3-11(9-13)4-6-12/h3-6,14H,2,7-8,10H2,1H3. The van der Waals surface area contributed by atoms with Crippen molar-refractivity contribution < 1.29 is 13.2 Å². The second-order valence-corrected chi connectivity index (χ2v) is 5.47. The molecule has 0 heterocycles. The first kappa shape index (κ1) is 14.6. The third kappa shape index (κ3) is 5.27. The lowest BCUT2D eigenvalue weighted by atomic mass is 10.2. The minimum absolute atomic E-state index is 0.0924. The Bertz CT molecular complexity index is 503. The van der Waals surface area contributed by atoms with E-state index in [4.69, 9.17) is 10.00 Å². The van der Waals surface area contributed by atoms with Crippen molar-refractivity contribution in [3.8, 4) is 6.07 Å². The van der Waals surface area contributed by atoms with Crippen LogP contribution in [-0.2, 0) is 20.5 Å². The normalized spacial score (nSPS) is 11.1. The van der Waals surface area contributed by atoms with Gasteiger partial charge in [-0.25, -0.2) is 13.1 Å². The van der Waals surface area contributed by atoms with Crippen molar-refractivity contribution >= 4 is 10.0 Å². The summed E-state index contributed by atoms with van der Waals surface area (Å²) in [6, 6.07) is 8.47. The molecular weight excluding hydrogens is 252 g/mol. The van der Waals surface area contributed by atoms with Crippen LogP contribution in [0.15, 0.2) is 24.3 Å². The van der Waals surface area contributed by atoms with E-state index in [9.17, 15) is 8.42 Å². The van der Waals surface area contributed by atoms with Gasteiger partial charge in [0.2, 0.25) is 10.0 Å². The minimum Gasteiger partial charge on any atom is -0.380 e. The molecule has 0 unspecified atom stereocenters. The number of sulfonamides is 1. The Hall–Kier alpha value is -1.42. The number of benzene rings is 1. The molecule has 1 aromatic carbocycles. The first-order valence-electron chi connectivity index (χ1n) is 5.61. The van der Waals surface area contributed by atoms with E-state index in [1.807, 2.05) is 13.0 Å². The van der Waals surface area contributed by atoms with Gasteiger partial charge < -0.3 is 4.74 Å². The second kappa shape index (κ2) is 7.11. The Morgan fingerprint density at radius 1 is 1.33 bits per heavy atom. The summed E-state index contributed by atoms with van der Waals surface area (Å²) < 4.78 is 30.9. The molecule has 0 radical (unpaired) electrons.